The molecule has 1 aromatic carbocycles. The first kappa shape index (κ1) is 20.3. The summed E-state index contributed by atoms with van der Waals surface area (Å²) in [5.74, 6) is 2.58. The van der Waals surface area contributed by atoms with Gasteiger partial charge in [-0.05, 0) is 37.5 Å². The van der Waals surface area contributed by atoms with Crippen LogP contribution in [0.5, 0.6) is 5.75 Å². The highest BCUT2D eigenvalue weighted by atomic mass is 16.5. The average molecular weight is 409 g/mol. The Morgan fingerprint density at radius 2 is 2.00 bits per heavy atom. The number of hydrogen-bond donors (Lipinski definition) is 0. The van der Waals surface area contributed by atoms with Crippen molar-refractivity contribution in [2.24, 2.45) is 0 Å². The predicted octanol–water partition coefficient (Wildman–Crippen LogP) is 3.00. The monoisotopic (exact) mass is 408 g/mol. The average Bonchev–Trinajstić information content (AvgIpc) is 3.09. The fraction of sp³-hybridized carbons (Fsp3) is 0.478. The van der Waals surface area contributed by atoms with Crippen molar-refractivity contribution in [3.05, 3.63) is 46.9 Å². The first-order chi connectivity index (χ1) is 14.5. The Hall–Kier alpha value is -2.96. The number of ether oxygens (including phenoxy) is 1. The van der Waals surface area contributed by atoms with Gasteiger partial charge in [-0.3, -0.25) is 14.5 Å². The Kier molecular flexibility index (Phi) is 5.70. The molecule has 7 nitrogen and oxygen atoms in total. The highest BCUT2D eigenvalue weighted by molar-refractivity contribution is 6.00. The number of aryl methyl sites for hydroxylation is 1. The quantitative estimate of drug-likeness (QED) is 0.760. The van der Waals surface area contributed by atoms with Gasteiger partial charge in [-0.2, -0.15) is 0 Å². The molecule has 1 atom stereocenters. The fourth-order valence-electron chi connectivity index (χ4n) is 4.29. The smallest absolute Gasteiger partial charge is 0.233 e. The summed E-state index contributed by atoms with van der Waals surface area (Å²) in [6.07, 6.45) is 2.76. The number of benzene rings is 1. The highest BCUT2D eigenvalue weighted by Crippen LogP contribution is 2.33. The predicted molar refractivity (Wildman–Crippen MR) is 114 cm³/mol. The molecular weight excluding hydrogens is 380 g/mol. The molecule has 1 fully saturated rings. The zero-order chi connectivity index (χ0) is 21.3. The Bertz CT molecular complexity index is 958. The maximum atomic E-state index is 12.8. The summed E-state index contributed by atoms with van der Waals surface area (Å²) in [5, 5.41) is 0. The zero-order valence-corrected chi connectivity index (χ0v) is 17.9. The van der Waals surface area contributed by atoms with Crippen molar-refractivity contribution in [1.29, 1.82) is 0 Å². The number of methoxy groups -OCH3 is 1. The molecule has 2 aliphatic heterocycles. The lowest BCUT2D eigenvalue weighted by atomic mass is 9.96. The largest absolute Gasteiger partial charge is 0.497 e. The van der Waals surface area contributed by atoms with Crippen molar-refractivity contribution >= 4 is 17.6 Å². The highest BCUT2D eigenvalue weighted by Gasteiger charge is 2.33. The number of fused-ring (bicyclic) bond motifs is 1. The third kappa shape index (κ3) is 3.88. The van der Waals surface area contributed by atoms with E-state index < -0.39 is 0 Å². The second kappa shape index (κ2) is 8.42. The topological polar surface area (TPSA) is 75.6 Å². The lowest BCUT2D eigenvalue weighted by Crippen LogP contribution is -2.39. The summed E-state index contributed by atoms with van der Waals surface area (Å²) in [5.41, 5.74) is 2.79. The van der Waals surface area contributed by atoms with Crippen molar-refractivity contribution < 1.29 is 14.3 Å². The molecule has 2 amide bonds. The van der Waals surface area contributed by atoms with Gasteiger partial charge >= 0.3 is 0 Å². The summed E-state index contributed by atoms with van der Waals surface area (Å²) < 4.78 is 5.22. The Labute approximate surface area is 177 Å². The van der Waals surface area contributed by atoms with E-state index in [1.54, 1.807) is 12.0 Å². The minimum Gasteiger partial charge on any atom is -0.497 e. The summed E-state index contributed by atoms with van der Waals surface area (Å²) in [6.45, 7) is 5.76. The van der Waals surface area contributed by atoms with Gasteiger partial charge in [-0.15, -0.1) is 0 Å². The van der Waals surface area contributed by atoms with Crippen LogP contribution in [0.2, 0.25) is 0 Å². The van der Waals surface area contributed by atoms with Gasteiger partial charge in [0.15, 0.2) is 0 Å². The van der Waals surface area contributed by atoms with Gasteiger partial charge in [-0.25, -0.2) is 9.97 Å². The number of hydrogen-bond acceptors (Lipinski definition) is 5. The second-order valence-electron chi connectivity index (χ2n) is 8.01. The van der Waals surface area contributed by atoms with Crippen LogP contribution < -0.4 is 9.64 Å². The molecule has 4 rings (SSSR count). The van der Waals surface area contributed by atoms with Crippen LogP contribution in [0, 0.1) is 6.92 Å². The van der Waals surface area contributed by atoms with Crippen LogP contribution in [0.4, 0.5) is 5.82 Å². The number of amides is 2. The van der Waals surface area contributed by atoms with Crippen molar-refractivity contribution in [3.63, 3.8) is 0 Å². The Morgan fingerprint density at radius 3 is 2.70 bits per heavy atom. The van der Waals surface area contributed by atoms with Gasteiger partial charge in [0.1, 0.15) is 17.4 Å². The number of carbonyl (C=O) groups is 2. The molecule has 2 aromatic rings. The van der Waals surface area contributed by atoms with Gasteiger partial charge in [-0.1, -0.05) is 19.1 Å². The molecule has 7 heteroatoms. The molecule has 1 aromatic heterocycles. The van der Waals surface area contributed by atoms with Crippen LogP contribution in [0.3, 0.4) is 0 Å². The molecule has 0 bridgehead atoms. The molecule has 3 heterocycles. The van der Waals surface area contributed by atoms with E-state index in [9.17, 15) is 9.59 Å². The van der Waals surface area contributed by atoms with E-state index in [1.807, 2.05) is 43.0 Å². The van der Waals surface area contributed by atoms with Crippen molar-refractivity contribution in [3.8, 4) is 5.75 Å². The molecule has 1 saturated heterocycles. The second-order valence-corrected chi connectivity index (χ2v) is 8.01. The van der Waals surface area contributed by atoms with Crippen molar-refractivity contribution in [2.75, 3.05) is 25.1 Å². The van der Waals surface area contributed by atoms with Crippen LogP contribution in [-0.2, 0) is 22.6 Å². The van der Waals surface area contributed by atoms with E-state index >= 15 is 0 Å². The fourth-order valence-corrected chi connectivity index (χ4v) is 4.29. The number of aromatic nitrogens is 2. The van der Waals surface area contributed by atoms with Gasteiger partial charge in [0, 0.05) is 36.7 Å². The Balaban J connectivity index is 1.60. The number of nitrogens with zero attached hydrogens (tertiary/aromatic N) is 4. The summed E-state index contributed by atoms with van der Waals surface area (Å²) in [6, 6.07) is 7.73. The molecule has 0 radical (unpaired) electrons. The Morgan fingerprint density at radius 1 is 1.23 bits per heavy atom. The molecule has 0 saturated carbocycles. The molecular formula is C23H28N4O3. The maximum absolute atomic E-state index is 12.8. The van der Waals surface area contributed by atoms with Gasteiger partial charge in [0.25, 0.3) is 0 Å². The van der Waals surface area contributed by atoms with Crippen molar-refractivity contribution in [1.82, 2.24) is 14.9 Å². The minimum absolute atomic E-state index is 0.0433. The van der Waals surface area contributed by atoms with Gasteiger partial charge in [0.05, 0.1) is 20.1 Å². The van der Waals surface area contributed by atoms with E-state index in [0.29, 0.717) is 25.9 Å². The molecule has 158 valence electrons. The van der Waals surface area contributed by atoms with E-state index in [-0.39, 0.29) is 17.7 Å². The van der Waals surface area contributed by atoms with E-state index in [0.717, 1.165) is 53.6 Å². The normalized spacial score (nSPS) is 18.5. The van der Waals surface area contributed by atoms with E-state index in [1.165, 1.54) is 0 Å². The molecule has 0 aliphatic carbocycles. The van der Waals surface area contributed by atoms with Gasteiger partial charge < -0.3 is 9.64 Å². The van der Waals surface area contributed by atoms with Gasteiger partial charge in [0.2, 0.25) is 11.8 Å². The maximum Gasteiger partial charge on any atom is 0.233 e. The van der Waals surface area contributed by atoms with Crippen molar-refractivity contribution in [2.45, 2.75) is 52.0 Å². The first-order valence-corrected chi connectivity index (χ1v) is 10.6. The van der Waals surface area contributed by atoms with Crippen LogP contribution in [-0.4, -0.2) is 46.9 Å². The number of likely N-dealkylation sites (tertiary alicyclic amines) is 1. The van der Waals surface area contributed by atoms with Crippen LogP contribution >= 0.6 is 0 Å². The standard InChI is InChI=1S/C23H28N4O3/c1-4-20(28)26-11-5-6-17(14-26)22-24-15(2)19-12-21(29)27(23(19)25-22)13-16-7-9-18(30-3)10-8-16/h7-10,17H,4-6,11-14H2,1-3H3. The molecule has 0 N–H and O–H groups in total. The lowest BCUT2D eigenvalue weighted by molar-refractivity contribution is -0.132. The molecule has 30 heavy (non-hydrogen) atoms. The van der Waals surface area contributed by atoms with Crippen LogP contribution in [0.25, 0.3) is 0 Å². The minimum atomic E-state index is 0.0433. The number of piperidine rings is 1. The lowest BCUT2D eigenvalue weighted by Gasteiger charge is -2.32. The van der Waals surface area contributed by atoms with Crippen LogP contribution in [0.15, 0.2) is 24.3 Å². The third-order valence-electron chi connectivity index (χ3n) is 6.04. The number of anilines is 1. The summed E-state index contributed by atoms with van der Waals surface area (Å²) in [7, 11) is 1.64. The number of rotatable bonds is 5. The summed E-state index contributed by atoms with van der Waals surface area (Å²) in [4.78, 5) is 38.2. The number of carbonyl (C=O) groups excluding carboxylic acids is 2. The molecule has 2 aliphatic rings. The SMILES string of the molecule is CCC(=O)N1CCCC(c2nc(C)c3c(n2)N(Cc2ccc(OC)cc2)C(=O)C3)C1. The summed E-state index contributed by atoms with van der Waals surface area (Å²) >= 11 is 0. The van der Waals surface area contributed by atoms with E-state index in [4.69, 9.17) is 14.7 Å². The van der Waals surface area contributed by atoms with E-state index in [2.05, 4.69) is 0 Å². The first-order valence-electron chi connectivity index (χ1n) is 10.6. The zero-order valence-electron chi connectivity index (χ0n) is 17.9. The molecule has 1 unspecified atom stereocenters. The molecule has 0 spiro atoms. The third-order valence-corrected chi connectivity index (χ3v) is 6.04. The van der Waals surface area contributed by atoms with Crippen LogP contribution in [0.1, 0.15) is 54.7 Å².